The topological polar surface area (TPSA) is 45.2 Å². The molecule has 2 atom stereocenters. The monoisotopic (exact) mass is 417 g/mol. The molecule has 1 aliphatic rings. The van der Waals surface area contributed by atoms with Crippen molar-refractivity contribution in [2.45, 2.75) is 50.6 Å². The van der Waals surface area contributed by atoms with Gasteiger partial charge < -0.3 is 14.8 Å². The van der Waals surface area contributed by atoms with Gasteiger partial charge >= 0.3 is 0 Å². The zero-order valence-corrected chi connectivity index (χ0v) is 17.1. The van der Waals surface area contributed by atoms with Crippen molar-refractivity contribution in [3.8, 4) is 5.75 Å². The Morgan fingerprint density at radius 1 is 1.20 bits per heavy atom. The van der Waals surface area contributed by atoms with Gasteiger partial charge in [-0.3, -0.25) is 4.39 Å². The predicted molar refractivity (Wildman–Crippen MR) is 111 cm³/mol. The Hall–Kier alpha value is -2.47. The second-order valence-electron chi connectivity index (χ2n) is 8.73. The lowest BCUT2D eigenvalue weighted by molar-refractivity contribution is -0.113. The van der Waals surface area contributed by atoms with Crippen molar-refractivity contribution in [2.75, 3.05) is 13.3 Å². The van der Waals surface area contributed by atoms with E-state index < -0.39 is 30.5 Å². The van der Waals surface area contributed by atoms with Gasteiger partial charge in [0.25, 0.3) is 6.43 Å². The fourth-order valence-corrected chi connectivity index (χ4v) is 4.58. The summed E-state index contributed by atoms with van der Waals surface area (Å²) in [4.78, 5) is 3.09. The van der Waals surface area contributed by atoms with E-state index in [9.17, 15) is 18.3 Å². The summed E-state index contributed by atoms with van der Waals surface area (Å²) in [5.74, 6) is 0.572. The molecule has 0 bridgehead atoms. The number of alkyl halides is 3. The highest BCUT2D eigenvalue weighted by atomic mass is 19.3. The summed E-state index contributed by atoms with van der Waals surface area (Å²) in [5, 5.41) is 11.9. The molecule has 2 aromatic carbocycles. The first-order valence-electron chi connectivity index (χ1n) is 10.1. The first kappa shape index (κ1) is 20.8. The third-order valence-corrected chi connectivity index (χ3v) is 6.06. The molecule has 0 fully saturated rings. The van der Waals surface area contributed by atoms with Crippen molar-refractivity contribution in [3.05, 3.63) is 64.8 Å². The van der Waals surface area contributed by atoms with Crippen LogP contribution >= 0.6 is 0 Å². The van der Waals surface area contributed by atoms with Crippen LogP contribution < -0.4 is 4.74 Å². The number of hydrogen-bond donors (Lipinski definition) is 2. The van der Waals surface area contributed by atoms with Gasteiger partial charge in [0, 0.05) is 35.0 Å². The molecule has 1 aliphatic heterocycles. The van der Waals surface area contributed by atoms with E-state index in [0.717, 1.165) is 22.0 Å². The van der Waals surface area contributed by atoms with Crippen molar-refractivity contribution in [1.82, 2.24) is 4.98 Å². The quantitative estimate of drug-likeness (QED) is 0.550. The van der Waals surface area contributed by atoms with Crippen LogP contribution in [0.4, 0.5) is 13.2 Å². The molecule has 2 unspecified atom stereocenters. The van der Waals surface area contributed by atoms with Crippen LogP contribution in [0.25, 0.3) is 10.9 Å². The molecule has 2 N–H and O–H groups in total. The number of ether oxygens (including phenoxy) is 1. The van der Waals surface area contributed by atoms with Gasteiger partial charge in [-0.05, 0) is 36.4 Å². The minimum atomic E-state index is -3.03. The largest absolute Gasteiger partial charge is 0.493 e. The molecule has 0 radical (unpaired) electrons. The first-order chi connectivity index (χ1) is 14.2. The number of para-hydroxylation sites is 1. The number of rotatable bonds is 7. The third kappa shape index (κ3) is 3.69. The smallest absolute Gasteiger partial charge is 0.267 e. The van der Waals surface area contributed by atoms with Gasteiger partial charge in [0.05, 0.1) is 13.3 Å². The molecule has 0 saturated carbocycles. The zero-order chi connectivity index (χ0) is 21.5. The Morgan fingerprint density at radius 3 is 2.67 bits per heavy atom. The highest BCUT2D eigenvalue weighted by Gasteiger charge is 2.46. The number of hydrogen-bond acceptors (Lipinski definition) is 2. The van der Waals surface area contributed by atoms with Gasteiger partial charge in [-0.1, -0.05) is 42.8 Å². The molecule has 0 spiro atoms. The molecule has 30 heavy (non-hydrogen) atoms. The van der Waals surface area contributed by atoms with Gasteiger partial charge in [0.2, 0.25) is 0 Å². The molecule has 0 aliphatic carbocycles. The number of aliphatic hydroxyl groups is 1. The fourth-order valence-electron chi connectivity index (χ4n) is 4.58. The highest BCUT2D eigenvalue weighted by Crippen LogP contribution is 2.44. The number of nitrogens with one attached hydrogen (secondary N) is 1. The molecular formula is C24H26F3NO2. The zero-order valence-electron chi connectivity index (χ0n) is 17.1. The molecule has 0 amide bonds. The first-order valence-corrected chi connectivity index (χ1v) is 10.1. The molecule has 3 nitrogen and oxygen atoms in total. The molecule has 1 aromatic heterocycles. The average molecular weight is 417 g/mol. The molecule has 0 saturated heterocycles. The summed E-state index contributed by atoms with van der Waals surface area (Å²) in [7, 11) is 0. The number of aryl methyl sites for hydroxylation is 1. The van der Waals surface area contributed by atoms with Crippen molar-refractivity contribution >= 4 is 10.9 Å². The lowest BCUT2D eigenvalue weighted by Crippen LogP contribution is -2.46. The van der Waals surface area contributed by atoms with Gasteiger partial charge in [-0.25, -0.2) is 8.78 Å². The SMILES string of the molecule is Cc1cc2c(c(C(C)(CF)CC(O)(Cc3cc4ccccc4[nH]3)C(F)F)c1)OCC2. The molecule has 3 aromatic rings. The van der Waals surface area contributed by atoms with Crippen LogP contribution in [0.1, 0.15) is 35.7 Å². The van der Waals surface area contributed by atoms with Gasteiger partial charge in [-0.2, -0.15) is 0 Å². The van der Waals surface area contributed by atoms with Crippen LogP contribution in [0.3, 0.4) is 0 Å². The van der Waals surface area contributed by atoms with Crippen molar-refractivity contribution in [3.63, 3.8) is 0 Å². The summed E-state index contributed by atoms with van der Waals surface area (Å²) in [6, 6.07) is 12.9. The van der Waals surface area contributed by atoms with Crippen molar-refractivity contribution in [2.24, 2.45) is 0 Å². The van der Waals surface area contributed by atoms with E-state index >= 15 is 0 Å². The second-order valence-corrected chi connectivity index (χ2v) is 8.73. The lowest BCUT2D eigenvalue weighted by atomic mass is 9.72. The number of H-pyrrole nitrogens is 1. The number of benzene rings is 2. The number of aromatic nitrogens is 1. The van der Waals surface area contributed by atoms with Gasteiger partial charge in [0.15, 0.2) is 0 Å². The highest BCUT2D eigenvalue weighted by molar-refractivity contribution is 5.80. The maximum Gasteiger partial charge on any atom is 0.267 e. The molecule has 4 rings (SSSR count). The van der Waals surface area contributed by atoms with Crippen LogP contribution in [-0.2, 0) is 18.3 Å². The number of fused-ring (bicyclic) bond motifs is 2. The van der Waals surface area contributed by atoms with Crippen LogP contribution in [0.5, 0.6) is 5.75 Å². The van der Waals surface area contributed by atoms with E-state index in [4.69, 9.17) is 4.74 Å². The summed E-state index contributed by atoms with van der Waals surface area (Å²) < 4.78 is 48.4. The maximum absolute atomic E-state index is 14.4. The van der Waals surface area contributed by atoms with Crippen LogP contribution in [0.15, 0.2) is 42.5 Å². The lowest BCUT2D eigenvalue weighted by Gasteiger charge is -2.37. The standard InChI is InChI=1S/C24H26F3NO2/c1-15-9-17-7-8-30-21(17)19(10-15)23(2,14-25)13-24(29,22(26)27)12-18-11-16-5-3-4-6-20(16)28-18/h3-6,9-11,22,28-29H,7-8,12-14H2,1-2H3. The van der Waals surface area contributed by atoms with E-state index in [1.165, 1.54) is 0 Å². The molecule has 6 heteroatoms. The second kappa shape index (κ2) is 7.65. The van der Waals surface area contributed by atoms with E-state index in [0.29, 0.717) is 30.0 Å². The van der Waals surface area contributed by atoms with Crippen molar-refractivity contribution < 1.29 is 23.0 Å². The van der Waals surface area contributed by atoms with Crippen LogP contribution in [-0.4, -0.2) is 35.4 Å². The Morgan fingerprint density at radius 2 is 1.97 bits per heavy atom. The van der Waals surface area contributed by atoms with Crippen LogP contribution in [0.2, 0.25) is 0 Å². The van der Waals surface area contributed by atoms with Crippen LogP contribution in [0, 0.1) is 6.92 Å². The Labute approximate surface area is 173 Å². The van der Waals surface area contributed by atoms with Gasteiger partial charge in [0.1, 0.15) is 11.4 Å². The Balaban J connectivity index is 1.70. The predicted octanol–water partition coefficient (Wildman–Crippen LogP) is 5.27. The Bertz CT molecular complexity index is 1030. The Kier molecular flexibility index (Phi) is 5.30. The van der Waals surface area contributed by atoms with E-state index in [2.05, 4.69) is 4.98 Å². The molecule has 160 valence electrons. The number of halogens is 3. The molecule has 2 heterocycles. The molecular weight excluding hydrogens is 391 g/mol. The van der Waals surface area contributed by atoms with Crippen molar-refractivity contribution in [1.29, 1.82) is 0 Å². The third-order valence-electron chi connectivity index (χ3n) is 6.06. The summed E-state index contributed by atoms with van der Waals surface area (Å²) >= 11 is 0. The summed E-state index contributed by atoms with van der Waals surface area (Å²) in [6.07, 6.45) is -3.05. The fraction of sp³-hybridized carbons (Fsp3) is 0.417. The minimum Gasteiger partial charge on any atom is -0.493 e. The van der Waals surface area contributed by atoms with E-state index in [-0.39, 0.29) is 6.42 Å². The van der Waals surface area contributed by atoms with E-state index in [1.54, 1.807) is 19.1 Å². The van der Waals surface area contributed by atoms with Gasteiger partial charge in [-0.15, -0.1) is 0 Å². The summed E-state index contributed by atoms with van der Waals surface area (Å²) in [6.45, 7) is 3.09. The normalized spacial score (nSPS) is 17.6. The van der Waals surface area contributed by atoms with E-state index in [1.807, 2.05) is 37.3 Å². The summed E-state index contributed by atoms with van der Waals surface area (Å²) in [5.41, 5.74) is 0.0293. The minimum absolute atomic E-state index is 0.302. The maximum atomic E-state index is 14.4. The number of aromatic amines is 1. The average Bonchev–Trinajstić information content (AvgIpc) is 3.32.